The lowest BCUT2D eigenvalue weighted by Crippen LogP contribution is -2.38. The topological polar surface area (TPSA) is 29.5 Å². The van der Waals surface area contributed by atoms with Crippen molar-refractivity contribution >= 4 is 0 Å². The number of hydrogen-bond donors (Lipinski definition) is 1. The van der Waals surface area contributed by atoms with Gasteiger partial charge in [0.1, 0.15) is 17.1 Å². The molecule has 3 aromatic carbocycles. The van der Waals surface area contributed by atoms with Crippen LogP contribution >= 0.6 is 0 Å². The fraction of sp³-hybridized carbons (Fsp3) is 0.561. The van der Waals surface area contributed by atoms with E-state index in [1.54, 1.807) is 0 Å². The van der Waals surface area contributed by atoms with E-state index in [1.165, 1.54) is 75.8 Å². The molecule has 0 bridgehead atoms. The predicted molar refractivity (Wildman–Crippen MR) is 185 cm³/mol. The van der Waals surface area contributed by atoms with E-state index >= 15 is 0 Å². The lowest BCUT2D eigenvalue weighted by atomic mass is 9.77. The highest BCUT2D eigenvalue weighted by Crippen LogP contribution is 2.50. The molecule has 43 heavy (non-hydrogen) atoms. The number of phenols is 1. The first-order chi connectivity index (χ1) is 20.2. The van der Waals surface area contributed by atoms with E-state index in [0.29, 0.717) is 17.6 Å². The first-order valence-electron chi connectivity index (χ1n) is 16.9. The van der Waals surface area contributed by atoms with E-state index in [1.807, 2.05) is 0 Å². The highest BCUT2D eigenvalue weighted by molar-refractivity contribution is 5.83. The van der Waals surface area contributed by atoms with Gasteiger partial charge in [-0.15, -0.1) is 0 Å². The number of phenolic OH excluding ortho intramolecular Hbond substituents is 1. The normalized spacial score (nSPS) is 15.7. The molecule has 1 N–H and O–H groups in total. The maximum Gasteiger partial charge on any atom is 0.127 e. The van der Waals surface area contributed by atoms with Gasteiger partial charge in [0.2, 0.25) is 0 Å². The minimum absolute atomic E-state index is 0.243. The van der Waals surface area contributed by atoms with Crippen molar-refractivity contribution in [3.05, 3.63) is 80.4 Å². The molecule has 0 spiro atoms. The summed E-state index contributed by atoms with van der Waals surface area (Å²) in [5.74, 6) is 3.33. The Hall–Kier alpha value is -2.74. The summed E-state index contributed by atoms with van der Waals surface area (Å²) in [5, 5.41) is 11.9. The molecule has 1 aliphatic carbocycles. The summed E-state index contributed by atoms with van der Waals surface area (Å²) >= 11 is 0. The summed E-state index contributed by atoms with van der Waals surface area (Å²) in [6.07, 6.45) is 6.81. The molecule has 1 saturated carbocycles. The van der Waals surface area contributed by atoms with Gasteiger partial charge in [0.25, 0.3) is 0 Å². The zero-order chi connectivity index (χ0) is 31.8. The first kappa shape index (κ1) is 33.2. The van der Waals surface area contributed by atoms with Crippen molar-refractivity contribution in [3.63, 3.8) is 0 Å². The van der Waals surface area contributed by atoms with Gasteiger partial charge in [-0.3, -0.25) is 0 Å². The van der Waals surface area contributed by atoms with Crippen molar-refractivity contribution in [1.29, 1.82) is 0 Å². The predicted octanol–water partition coefficient (Wildman–Crippen LogP) is 11.6. The fourth-order valence-corrected chi connectivity index (χ4v) is 6.87. The molecule has 2 atom stereocenters. The van der Waals surface area contributed by atoms with Crippen LogP contribution in [0.4, 0.5) is 0 Å². The molecule has 0 aromatic heterocycles. The highest BCUT2D eigenvalue weighted by Gasteiger charge is 2.45. The number of ether oxygens (including phenoxy) is 1. The molecular weight excluding hydrogens is 524 g/mol. The Labute approximate surface area is 263 Å². The molecule has 4 rings (SSSR count). The van der Waals surface area contributed by atoms with Crippen molar-refractivity contribution in [2.45, 2.75) is 139 Å². The van der Waals surface area contributed by atoms with Gasteiger partial charge in [0.15, 0.2) is 0 Å². The molecular formula is C41H58O2. The van der Waals surface area contributed by atoms with Crippen molar-refractivity contribution in [3.8, 4) is 22.6 Å². The number of rotatable bonds is 12. The lowest BCUT2D eigenvalue weighted by Gasteiger charge is -2.35. The minimum Gasteiger partial charge on any atom is -0.507 e. The molecule has 2 nitrogen and oxygen atoms in total. The molecule has 2 heteroatoms. The zero-order valence-electron chi connectivity index (χ0n) is 29.3. The van der Waals surface area contributed by atoms with E-state index in [0.717, 1.165) is 35.6 Å². The van der Waals surface area contributed by atoms with Crippen LogP contribution in [0.1, 0.15) is 136 Å². The molecule has 0 saturated heterocycles. The van der Waals surface area contributed by atoms with E-state index in [9.17, 15) is 5.11 Å². The first-order valence-corrected chi connectivity index (χ1v) is 16.9. The number of benzene rings is 3. The molecule has 1 fully saturated rings. The monoisotopic (exact) mass is 582 g/mol. The van der Waals surface area contributed by atoms with Crippen LogP contribution in [0, 0.1) is 46.5 Å². The Balaban J connectivity index is 1.85. The fourth-order valence-electron chi connectivity index (χ4n) is 6.87. The van der Waals surface area contributed by atoms with Gasteiger partial charge < -0.3 is 9.84 Å². The number of aryl methyl sites for hydroxylation is 4. The van der Waals surface area contributed by atoms with Gasteiger partial charge >= 0.3 is 0 Å². The summed E-state index contributed by atoms with van der Waals surface area (Å²) in [5.41, 5.74) is 13.2. The Bertz CT molecular complexity index is 1460. The second-order valence-electron chi connectivity index (χ2n) is 14.7. The summed E-state index contributed by atoms with van der Waals surface area (Å²) in [4.78, 5) is 0. The van der Waals surface area contributed by atoms with Gasteiger partial charge in [-0.05, 0) is 153 Å². The van der Waals surface area contributed by atoms with Gasteiger partial charge in [-0.25, -0.2) is 0 Å². The van der Waals surface area contributed by atoms with Crippen molar-refractivity contribution < 1.29 is 9.84 Å². The molecule has 0 amide bonds. The highest BCUT2D eigenvalue weighted by atomic mass is 16.5. The Morgan fingerprint density at radius 3 is 1.93 bits per heavy atom. The minimum atomic E-state index is -0.336. The number of aromatic hydroxyl groups is 1. The van der Waals surface area contributed by atoms with Crippen LogP contribution in [0.5, 0.6) is 11.5 Å². The van der Waals surface area contributed by atoms with Gasteiger partial charge in [0.05, 0.1) is 0 Å². The molecule has 234 valence electrons. The third-order valence-corrected chi connectivity index (χ3v) is 10.5. The largest absolute Gasteiger partial charge is 0.507 e. The lowest BCUT2D eigenvalue weighted by molar-refractivity contribution is 0.0642. The molecule has 0 radical (unpaired) electrons. The number of hydrogen-bond acceptors (Lipinski definition) is 2. The van der Waals surface area contributed by atoms with Crippen LogP contribution in [-0.2, 0) is 12.8 Å². The van der Waals surface area contributed by atoms with E-state index in [4.69, 9.17) is 4.74 Å². The molecule has 3 aromatic rings. The molecule has 2 unspecified atom stereocenters. The molecule has 0 aliphatic heterocycles. The Morgan fingerprint density at radius 2 is 1.40 bits per heavy atom. The van der Waals surface area contributed by atoms with E-state index < -0.39 is 0 Å². The SMILES string of the molecule is CCC(C)CCc1ccc(OC(C)(Cc2c(C(C)C)cc(C)c(C)c2-c2c(C)c(C)cc(C(C)C)c2O)C2CC2)c(C)c1. The zero-order valence-corrected chi connectivity index (χ0v) is 29.3. The maximum atomic E-state index is 11.9. The summed E-state index contributed by atoms with van der Waals surface area (Å²) in [6, 6.07) is 11.4. The Morgan fingerprint density at radius 1 is 0.814 bits per heavy atom. The van der Waals surface area contributed by atoms with E-state index in [2.05, 4.69) is 113 Å². The van der Waals surface area contributed by atoms with Crippen LogP contribution in [0.25, 0.3) is 11.1 Å². The average Bonchev–Trinajstić information content (AvgIpc) is 3.80. The van der Waals surface area contributed by atoms with Crippen molar-refractivity contribution in [2.24, 2.45) is 11.8 Å². The van der Waals surface area contributed by atoms with Gasteiger partial charge in [-0.1, -0.05) is 72.2 Å². The summed E-state index contributed by atoms with van der Waals surface area (Å²) < 4.78 is 7.14. The van der Waals surface area contributed by atoms with Crippen LogP contribution in [-0.4, -0.2) is 10.7 Å². The standard InChI is InChI=1S/C41H58O2/c1-13-26(6)14-15-32-16-19-37(29(9)20-32)43-41(12,33-17-18-33)23-36-34(24(2)3)21-27(7)30(10)38(36)39-31(11)28(8)22-35(25(4)5)40(39)42/h16,19-22,24-26,33,42H,13-15,17-18,23H2,1-12H3. The molecule has 1 aliphatic rings. The van der Waals surface area contributed by atoms with Crippen LogP contribution in [0.15, 0.2) is 30.3 Å². The molecule has 0 heterocycles. The second-order valence-corrected chi connectivity index (χ2v) is 14.7. The summed E-state index contributed by atoms with van der Waals surface area (Å²) in [7, 11) is 0. The van der Waals surface area contributed by atoms with Gasteiger partial charge in [-0.2, -0.15) is 0 Å². The second kappa shape index (κ2) is 13.1. The van der Waals surface area contributed by atoms with Gasteiger partial charge in [0, 0.05) is 12.0 Å². The van der Waals surface area contributed by atoms with Crippen LogP contribution < -0.4 is 4.74 Å². The Kier molecular flexibility index (Phi) is 10.1. The summed E-state index contributed by atoms with van der Waals surface area (Å²) in [6.45, 7) is 27.0. The average molecular weight is 583 g/mol. The third kappa shape index (κ3) is 7.00. The van der Waals surface area contributed by atoms with Crippen molar-refractivity contribution in [1.82, 2.24) is 0 Å². The third-order valence-electron chi connectivity index (χ3n) is 10.5. The smallest absolute Gasteiger partial charge is 0.127 e. The van der Waals surface area contributed by atoms with E-state index in [-0.39, 0.29) is 11.5 Å². The maximum absolute atomic E-state index is 11.9. The van der Waals surface area contributed by atoms with Crippen LogP contribution in [0.3, 0.4) is 0 Å². The van der Waals surface area contributed by atoms with Crippen molar-refractivity contribution in [2.75, 3.05) is 0 Å². The van der Waals surface area contributed by atoms with Crippen LogP contribution in [0.2, 0.25) is 0 Å². The quantitative estimate of drug-likeness (QED) is 0.230.